The van der Waals surface area contributed by atoms with Crippen LogP contribution in [0.25, 0.3) is 17.2 Å². The van der Waals surface area contributed by atoms with E-state index >= 15 is 0 Å². The van der Waals surface area contributed by atoms with Gasteiger partial charge in [-0.15, -0.1) is 18.3 Å². The summed E-state index contributed by atoms with van der Waals surface area (Å²) in [6.07, 6.45) is -3.16. The molecule has 4 aromatic rings. The second-order valence-corrected chi connectivity index (χ2v) is 6.46. The molecule has 0 spiro atoms. The van der Waals surface area contributed by atoms with Crippen molar-refractivity contribution in [2.45, 2.75) is 19.7 Å². The van der Waals surface area contributed by atoms with E-state index in [1.165, 1.54) is 24.3 Å². The van der Waals surface area contributed by atoms with Crippen molar-refractivity contribution in [1.29, 1.82) is 0 Å². The van der Waals surface area contributed by atoms with Crippen molar-refractivity contribution in [3.05, 3.63) is 66.1 Å². The number of hydrogen-bond donors (Lipinski definition) is 1. The van der Waals surface area contributed by atoms with Gasteiger partial charge in [0.2, 0.25) is 17.5 Å². The molecule has 4 rings (SSSR count). The zero-order valence-electron chi connectivity index (χ0n) is 15.6. The highest BCUT2D eigenvalue weighted by molar-refractivity contribution is 5.92. The van der Waals surface area contributed by atoms with Gasteiger partial charge in [-0.05, 0) is 48.9 Å². The number of hydrogen-bond acceptors (Lipinski definition) is 5. The van der Waals surface area contributed by atoms with Crippen LogP contribution in [0.5, 0.6) is 5.75 Å². The molecule has 10 heteroatoms. The Kier molecular flexibility index (Phi) is 4.90. The van der Waals surface area contributed by atoms with E-state index in [0.29, 0.717) is 28.7 Å². The van der Waals surface area contributed by atoms with Gasteiger partial charge in [-0.2, -0.15) is 4.52 Å². The summed E-state index contributed by atoms with van der Waals surface area (Å²) in [4.78, 5) is 16.3. The van der Waals surface area contributed by atoms with Gasteiger partial charge >= 0.3 is 6.36 Å². The second kappa shape index (κ2) is 7.54. The van der Waals surface area contributed by atoms with Crippen LogP contribution in [0.2, 0.25) is 0 Å². The third-order valence-electron chi connectivity index (χ3n) is 4.21. The van der Waals surface area contributed by atoms with E-state index in [4.69, 9.17) is 4.42 Å². The molecule has 0 bridgehead atoms. The van der Waals surface area contributed by atoms with Crippen molar-refractivity contribution in [2.75, 3.05) is 5.32 Å². The topological polar surface area (TPSA) is 81.7 Å². The Labute approximate surface area is 168 Å². The molecule has 0 fully saturated rings. The molecular weight excluding hydrogens is 401 g/mol. The Morgan fingerprint density at radius 1 is 1.13 bits per heavy atom. The van der Waals surface area contributed by atoms with Gasteiger partial charge in [-0.1, -0.05) is 12.1 Å². The van der Waals surface area contributed by atoms with Crippen LogP contribution in [0.15, 0.2) is 59.1 Å². The van der Waals surface area contributed by atoms with E-state index in [1.807, 2.05) is 6.92 Å². The number of aromatic nitrogens is 3. The SMILES string of the molecule is Cc1ncc2oc(-c3ccc(NC(=O)Cc4ccc(OC(F)(F)F)cc4)cc3)nn12. The molecule has 0 aliphatic rings. The Bertz CT molecular complexity index is 1180. The summed E-state index contributed by atoms with van der Waals surface area (Å²) in [6, 6.07) is 12.1. The summed E-state index contributed by atoms with van der Waals surface area (Å²) in [5, 5.41) is 7.07. The molecule has 154 valence electrons. The standard InChI is InChI=1S/C20H15F3N4O3/c1-12-24-11-18-27(12)26-19(29-18)14-4-6-15(7-5-14)25-17(28)10-13-2-8-16(9-3-13)30-20(21,22)23/h2-9,11H,10H2,1H3,(H,25,28). The predicted molar refractivity (Wildman–Crippen MR) is 101 cm³/mol. The number of amides is 1. The quantitative estimate of drug-likeness (QED) is 0.522. The Morgan fingerprint density at radius 2 is 1.83 bits per heavy atom. The van der Waals surface area contributed by atoms with Crippen LogP contribution in [0.1, 0.15) is 11.4 Å². The largest absolute Gasteiger partial charge is 0.573 e. The first-order valence-electron chi connectivity index (χ1n) is 8.83. The minimum Gasteiger partial charge on any atom is -0.417 e. The number of imidazole rings is 1. The number of rotatable bonds is 5. The molecule has 2 aromatic carbocycles. The van der Waals surface area contributed by atoms with E-state index in [-0.39, 0.29) is 18.1 Å². The fraction of sp³-hybridized carbons (Fsp3) is 0.150. The summed E-state index contributed by atoms with van der Waals surface area (Å²) in [5.41, 5.74) is 2.39. The van der Waals surface area contributed by atoms with E-state index in [0.717, 1.165) is 5.56 Å². The van der Waals surface area contributed by atoms with Crippen molar-refractivity contribution >= 4 is 17.3 Å². The van der Waals surface area contributed by atoms with Gasteiger partial charge in [-0.3, -0.25) is 4.79 Å². The van der Waals surface area contributed by atoms with E-state index in [1.54, 1.807) is 35.0 Å². The number of carbonyl (C=O) groups is 1. The lowest BCUT2D eigenvalue weighted by Crippen LogP contribution is -2.17. The number of aryl methyl sites for hydroxylation is 1. The van der Waals surface area contributed by atoms with Crippen molar-refractivity contribution in [3.8, 4) is 17.2 Å². The van der Waals surface area contributed by atoms with Crippen LogP contribution in [-0.4, -0.2) is 26.9 Å². The maximum atomic E-state index is 12.2. The third-order valence-corrected chi connectivity index (χ3v) is 4.21. The zero-order chi connectivity index (χ0) is 21.3. The van der Waals surface area contributed by atoms with Crippen molar-refractivity contribution in [2.24, 2.45) is 0 Å². The van der Waals surface area contributed by atoms with Gasteiger partial charge in [0.25, 0.3) is 0 Å². The summed E-state index contributed by atoms with van der Waals surface area (Å²) in [5.74, 6) is 0.493. The minimum atomic E-state index is -4.75. The molecule has 2 aromatic heterocycles. The number of anilines is 1. The van der Waals surface area contributed by atoms with E-state index in [2.05, 4.69) is 20.1 Å². The summed E-state index contributed by atoms with van der Waals surface area (Å²) in [7, 11) is 0. The highest BCUT2D eigenvalue weighted by Crippen LogP contribution is 2.24. The van der Waals surface area contributed by atoms with Gasteiger partial charge in [-0.25, -0.2) is 4.98 Å². The lowest BCUT2D eigenvalue weighted by Gasteiger charge is -2.09. The molecule has 0 aliphatic carbocycles. The number of fused-ring (bicyclic) bond motifs is 1. The van der Waals surface area contributed by atoms with Gasteiger partial charge in [0, 0.05) is 11.3 Å². The first kappa shape index (κ1) is 19.5. The maximum Gasteiger partial charge on any atom is 0.573 e. The Morgan fingerprint density at radius 3 is 2.47 bits per heavy atom. The van der Waals surface area contributed by atoms with Crippen LogP contribution in [0.3, 0.4) is 0 Å². The summed E-state index contributed by atoms with van der Waals surface area (Å²) >= 11 is 0. The number of alkyl halides is 3. The average Bonchev–Trinajstić information content (AvgIpc) is 3.25. The van der Waals surface area contributed by atoms with Crippen LogP contribution >= 0.6 is 0 Å². The third kappa shape index (κ3) is 4.43. The Balaban J connectivity index is 1.37. The number of ether oxygens (including phenoxy) is 1. The fourth-order valence-electron chi connectivity index (χ4n) is 2.83. The highest BCUT2D eigenvalue weighted by atomic mass is 19.4. The normalized spacial score (nSPS) is 11.6. The lowest BCUT2D eigenvalue weighted by molar-refractivity contribution is -0.274. The monoisotopic (exact) mass is 416 g/mol. The number of benzene rings is 2. The van der Waals surface area contributed by atoms with Crippen LogP contribution in [0.4, 0.5) is 18.9 Å². The fourth-order valence-corrected chi connectivity index (χ4v) is 2.83. The minimum absolute atomic E-state index is 0.00555. The molecule has 7 nitrogen and oxygen atoms in total. The van der Waals surface area contributed by atoms with Gasteiger partial charge < -0.3 is 14.5 Å². The maximum absolute atomic E-state index is 12.2. The molecule has 0 aliphatic heterocycles. The van der Waals surface area contributed by atoms with Crippen molar-refractivity contribution in [3.63, 3.8) is 0 Å². The molecule has 0 saturated carbocycles. The molecule has 2 heterocycles. The van der Waals surface area contributed by atoms with Gasteiger partial charge in [0.05, 0.1) is 12.6 Å². The highest BCUT2D eigenvalue weighted by Gasteiger charge is 2.30. The van der Waals surface area contributed by atoms with Gasteiger partial charge in [0.15, 0.2) is 0 Å². The van der Waals surface area contributed by atoms with Crippen molar-refractivity contribution in [1.82, 2.24) is 14.6 Å². The molecule has 1 amide bonds. The number of nitrogens with one attached hydrogen (secondary N) is 1. The lowest BCUT2D eigenvalue weighted by atomic mass is 10.1. The molecule has 0 unspecified atom stereocenters. The first-order valence-corrected chi connectivity index (χ1v) is 8.83. The molecule has 0 radical (unpaired) electrons. The summed E-state index contributed by atoms with van der Waals surface area (Å²) in [6.45, 7) is 1.81. The Hall–Kier alpha value is -3.82. The van der Waals surface area contributed by atoms with Crippen molar-refractivity contribution < 1.29 is 27.1 Å². The molecule has 0 atom stereocenters. The van der Waals surface area contributed by atoms with Crippen LogP contribution < -0.4 is 10.1 Å². The predicted octanol–water partition coefficient (Wildman–Crippen LogP) is 4.38. The second-order valence-electron chi connectivity index (χ2n) is 6.46. The summed E-state index contributed by atoms with van der Waals surface area (Å²) < 4.78 is 47.6. The van der Waals surface area contributed by atoms with E-state index in [9.17, 15) is 18.0 Å². The average molecular weight is 416 g/mol. The molecule has 0 saturated heterocycles. The molecule has 1 N–H and O–H groups in total. The zero-order valence-corrected chi connectivity index (χ0v) is 15.6. The number of carbonyl (C=O) groups excluding carboxylic acids is 1. The number of halogens is 3. The smallest absolute Gasteiger partial charge is 0.417 e. The van der Waals surface area contributed by atoms with Crippen LogP contribution in [0, 0.1) is 6.92 Å². The van der Waals surface area contributed by atoms with E-state index < -0.39 is 6.36 Å². The first-order chi connectivity index (χ1) is 14.3. The van der Waals surface area contributed by atoms with Gasteiger partial charge in [0.1, 0.15) is 11.6 Å². The molecular formula is C20H15F3N4O3. The number of nitrogens with zero attached hydrogens (tertiary/aromatic N) is 3. The van der Waals surface area contributed by atoms with Crippen LogP contribution in [-0.2, 0) is 11.2 Å². The molecule has 30 heavy (non-hydrogen) atoms.